The molecule has 0 saturated heterocycles. The number of amides is 1. The van der Waals surface area contributed by atoms with E-state index in [-0.39, 0.29) is 17.8 Å². The summed E-state index contributed by atoms with van der Waals surface area (Å²) in [6.45, 7) is 2.39. The number of hydrogen-bond acceptors (Lipinski definition) is 6. The predicted octanol–water partition coefficient (Wildman–Crippen LogP) is 5.07. The largest absolute Gasteiger partial charge is 0.493 e. The Morgan fingerprint density at radius 3 is 2.69 bits per heavy atom. The zero-order valence-electron chi connectivity index (χ0n) is 19.6. The van der Waals surface area contributed by atoms with Crippen LogP contribution in [0.3, 0.4) is 0 Å². The van der Waals surface area contributed by atoms with Gasteiger partial charge < -0.3 is 15.0 Å². The Morgan fingerprint density at radius 1 is 1.11 bits per heavy atom. The highest BCUT2D eigenvalue weighted by Crippen LogP contribution is 2.39. The van der Waals surface area contributed by atoms with Crippen molar-refractivity contribution < 1.29 is 9.53 Å². The number of benzene rings is 1. The molecule has 0 radical (unpaired) electrons. The van der Waals surface area contributed by atoms with Crippen molar-refractivity contribution in [2.45, 2.75) is 44.6 Å². The van der Waals surface area contributed by atoms with Crippen LogP contribution >= 0.6 is 0 Å². The Balaban J connectivity index is 1.48. The van der Waals surface area contributed by atoms with Crippen molar-refractivity contribution in [1.29, 1.82) is 10.8 Å². The van der Waals surface area contributed by atoms with Crippen LogP contribution in [0.1, 0.15) is 60.3 Å². The van der Waals surface area contributed by atoms with Gasteiger partial charge >= 0.3 is 0 Å². The lowest BCUT2D eigenvalue weighted by atomic mass is 10.0. The van der Waals surface area contributed by atoms with Gasteiger partial charge in [-0.25, -0.2) is 4.98 Å². The summed E-state index contributed by atoms with van der Waals surface area (Å²) in [7, 11) is 0. The van der Waals surface area contributed by atoms with E-state index in [0.717, 1.165) is 29.6 Å². The fraction of sp³-hybridized carbons (Fsp3) is 0.296. The number of carbonyl (C=O) groups is 1. The Morgan fingerprint density at radius 2 is 1.94 bits per heavy atom. The van der Waals surface area contributed by atoms with Crippen LogP contribution in [0.15, 0.2) is 54.7 Å². The van der Waals surface area contributed by atoms with Crippen molar-refractivity contribution >= 4 is 23.9 Å². The minimum absolute atomic E-state index is 0.0699. The summed E-state index contributed by atoms with van der Waals surface area (Å²) in [6, 6.07) is 14.8. The van der Waals surface area contributed by atoms with Gasteiger partial charge in [-0.2, -0.15) is 0 Å². The molecule has 2 bridgehead atoms. The molecule has 2 aliphatic rings. The third-order valence-corrected chi connectivity index (χ3v) is 6.47. The molecule has 0 spiro atoms. The summed E-state index contributed by atoms with van der Waals surface area (Å²) in [5.74, 6) is 1.21. The molecule has 3 heterocycles. The number of pyridine rings is 2. The van der Waals surface area contributed by atoms with Gasteiger partial charge in [-0.1, -0.05) is 18.2 Å². The molecule has 35 heavy (non-hydrogen) atoms. The van der Waals surface area contributed by atoms with Crippen LogP contribution in [0.25, 0.3) is 11.1 Å². The summed E-state index contributed by atoms with van der Waals surface area (Å²) < 4.78 is 6.03. The number of amidine groups is 1. The number of aromatic nitrogens is 2. The highest BCUT2D eigenvalue weighted by molar-refractivity contribution is 6.07. The van der Waals surface area contributed by atoms with E-state index in [1.165, 1.54) is 12.8 Å². The number of fused-ring (bicyclic) bond motifs is 3. The number of ether oxygens (including phenoxy) is 1. The third-order valence-electron chi connectivity index (χ3n) is 6.47. The Kier molecular flexibility index (Phi) is 6.27. The van der Waals surface area contributed by atoms with Crippen molar-refractivity contribution in [3.05, 3.63) is 71.7 Å². The maximum absolute atomic E-state index is 13.3. The van der Waals surface area contributed by atoms with Crippen LogP contribution in [-0.2, 0) is 0 Å². The smallest absolute Gasteiger partial charge is 0.260 e. The molecule has 1 unspecified atom stereocenters. The number of rotatable bonds is 3. The van der Waals surface area contributed by atoms with Gasteiger partial charge in [-0.15, -0.1) is 0 Å². The first kappa shape index (κ1) is 22.7. The van der Waals surface area contributed by atoms with Crippen molar-refractivity contribution in [2.24, 2.45) is 0 Å². The standard InChI is InChI=1S/C27H28N6O2/c1-17-4-3-13-35-24-12-10-19(20-9-11-22(30-15-20)18-7-8-18)14-21(24)27(34)32-25-6-2-5-23(31-25)26(29)33(17)16-28/h2,5-6,9-12,14-18,28-29H,3-4,7-8,13H2,1H3,(H,31,32,34). The molecular weight excluding hydrogens is 440 g/mol. The Bertz CT molecular complexity index is 1270. The molecule has 2 aromatic heterocycles. The van der Waals surface area contributed by atoms with Crippen LogP contribution in [-0.4, -0.2) is 45.6 Å². The fourth-order valence-corrected chi connectivity index (χ4v) is 4.27. The van der Waals surface area contributed by atoms with E-state index < -0.39 is 0 Å². The quantitative estimate of drug-likeness (QED) is 0.367. The lowest BCUT2D eigenvalue weighted by molar-refractivity contribution is 0.102. The molecule has 8 heteroatoms. The average molecular weight is 469 g/mol. The molecule has 178 valence electrons. The molecule has 1 aromatic carbocycles. The van der Waals surface area contributed by atoms with Gasteiger partial charge in [0.25, 0.3) is 5.91 Å². The molecule has 8 nitrogen and oxygen atoms in total. The first-order valence-corrected chi connectivity index (χ1v) is 11.9. The van der Waals surface area contributed by atoms with Gasteiger partial charge in [-0.3, -0.25) is 20.6 Å². The second kappa shape index (κ2) is 9.66. The monoisotopic (exact) mass is 468 g/mol. The average Bonchev–Trinajstić information content (AvgIpc) is 3.72. The van der Waals surface area contributed by atoms with Gasteiger partial charge in [0, 0.05) is 29.4 Å². The molecule has 1 saturated carbocycles. The summed E-state index contributed by atoms with van der Waals surface area (Å²) in [5, 5.41) is 19.2. The minimum Gasteiger partial charge on any atom is -0.493 e. The van der Waals surface area contributed by atoms with Gasteiger partial charge in [0.1, 0.15) is 17.3 Å². The van der Waals surface area contributed by atoms with Crippen molar-refractivity contribution in [3.63, 3.8) is 0 Å². The lowest BCUT2D eigenvalue weighted by Gasteiger charge is -2.27. The maximum atomic E-state index is 13.3. The first-order chi connectivity index (χ1) is 17.0. The second-order valence-corrected chi connectivity index (χ2v) is 9.04. The van der Waals surface area contributed by atoms with Crippen molar-refractivity contribution in [3.8, 4) is 16.9 Å². The molecule has 1 aliphatic carbocycles. The van der Waals surface area contributed by atoms with Crippen molar-refractivity contribution in [1.82, 2.24) is 14.9 Å². The number of hydrogen-bond donors (Lipinski definition) is 3. The summed E-state index contributed by atoms with van der Waals surface area (Å²) >= 11 is 0. The predicted molar refractivity (Wildman–Crippen MR) is 135 cm³/mol. The first-order valence-electron chi connectivity index (χ1n) is 11.9. The molecule has 1 fully saturated rings. The fourth-order valence-electron chi connectivity index (χ4n) is 4.27. The summed E-state index contributed by atoms with van der Waals surface area (Å²) in [6.07, 6.45) is 6.85. The third kappa shape index (κ3) is 4.91. The van der Waals surface area contributed by atoms with E-state index in [2.05, 4.69) is 27.4 Å². The second-order valence-electron chi connectivity index (χ2n) is 9.04. The van der Waals surface area contributed by atoms with Gasteiger partial charge in [0.15, 0.2) is 5.84 Å². The van der Waals surface area contributed by atoms with E-state index in [1.54, 1.807) is 23.1 Å². The summed E-state index contributed by atoms with van der Waals surface area (Å²) in [5.41, 5.74) is 3.76. The topological polar surface area (TPSA) is 115 Å². The van der Waals surface area contributed by atoms with Crippen LogP contribution in [0.2, 0.25) is 0 Å². The highest BCUT2D eigenvalue weighted by Gasteiger charge is 2.25. The normalized spacial score (nSPS) is 18.7. The van der Waals surface area contributed by atoms with Crippen LogP contribution in [0.4, 0.5) is 5.82 Å². The van der Waals surface area contributed by atoms with Crippen LogP contribution < -0.4 is 10.1 Å². The zero-order chi connectivity index (χ0) is 24.4. The van der Waals surface area contributed by atoms with Crippen LogP contribution in [0.5, 0.6) is 5.75 Å². The van der Waals surface area contributed by atoms with E-state index >= 15 is 0 Å². The number of carbonyl (C=O) groups excluding carboxylic acids is 1. The molecule has 1 aliphatic heterocycles. The maximum Gasteiger partial charge on any atom is 0.260 e. The molecule has 1 amide bonds. The zero-order valence-corrected chi connectivity index (χ0v) is 19.6. The van der Waals surface area contributed by atoms with E-state index in [1.807, 2.05) is 31.3 Å². The van der Waals surface area contributed by atoms with E-state index in [4.69, 9.17) is 15.6 Å². The van der Waals surface area contributed by atoms with E-state index in [9.17, 15) is 4.79 Å². The SMILES string of the molecule is CC1CCCOc2ccc(-c3ccc(C4CC4)nc3)cc2C(=O)Nc2cccc(n2)C(=N)N1C=N. The number of nitrogens with one attached hydrogen (secondary N) is 3. The van der Waals surface area contributed by atoms with Gasteiger partial charge in [0.2, 0.25) is 0 Å². The van der Waals surface area contributed by atoms with Gasteiger partial charge in [-0.05, 0) is 68.5 Å². The molecule has 3 aromatic rings. The number of anilines is 1. The Hall–Kier alpha value is -4.07. The van der Waals surface area contributed by atoms with E-state index in [0.29, 0.717) is 41.8 Å². The molecule has 1 atom stereocenters. The number of nitrogens with zero attached hydrogens (tertiary/aromatic N) is 3. The minimum atomic E-state index is -0.338. The molecule has 3 N–H and O–H groups in total. The van der Waals surface area contributed by atoms with Crippen LogP contribution in [0, 0.1) is 10.8 Å². The van der Waals surface area contributed by atoms with Crippen molar-refractivity contribution in [2.75, 3.05) is 11.9 Å². The Labute approximate surface area is 204 Å². The highest BCUT2D eigenvalue weighted by atomic mass is 16.5. The molecular formula is C27H28N6O2. The lowest BCUT2D eigenvalue weighted by Crippen LogP contribution is -2.38. The summed E-state index contributed by atoms with van der Waals surface area (Å²) in [4.78, 5) is 24.0. The molecule has 5 rings (SSSR count). The van der Waals surface area contributed by atoms with Gasteiger partial charge in [0.05, 0.1) is 18.5 Å².